The van der Waals surface area contributed by atoms with Crippen molar-refractivity contribution in [2.45, 2.75) is 0 Å². The fourth-order valence-electron chi connectivity index (χ4n) is 1.79. The van der Waals surface area contributed by atoms with Crippen molar-refractivity contribution >= 4 is 27.5 Å². The second kappa shape index (κ2) is 5.12. The minimum Gasteiger partial charge on any atom is -0.244 e. The van der Waals surface area contributed by atoms with Crippen molar-refractivity contribution < 1.29 is 4.79 Å². The van der Waals surface area contributed by atoms with Crippen LogP contribution in [0.5, 0.6) is 0 Å². The van der Waals surface area contributed by atoms with Crippen LogP contribution in [0.15, 0.2) is 70.0 Å². The summed E-state index contributed by atoms with van der Waals surface area (Å²) >= 11 is 1.79. The second-order valence-electron chi connectivity index (χ2n) is 3.95. The van der Waals surface area contributed by atoms with Gasteiger partial charge in [-0.1, -0.05) is 30.3 Å². The molecule has 2 heterocycles. The highest BCUT2D eigenvalue weighted by Gasteiger charge is 2.01. The first-order valence-electron chi connectivity index (χ1n) is 5.82. The van der Waals surface area contributed by atoms with E-state index in [0.717, 1.165) is 0 Å². The summed E-state index contributed by atoms with van der Waals surface area (Å²) in [5.41, 5.74) is 0. The number of nitrogens with zero attached hydrogens (tertiary/aromatic N) is 2. The Morgan fingerprint density at radius 1 is 0.789 bits per heavy atom. The van der Waals surface area contributed by atoms with Crippen LogP contribution in [0.2, 0.25) is 0 Å². The molecule has 3 aromatic rings. The normalized spacial score (nSPS) is 12.1. The minimum atomic E-state index is -0.402. The third-order valence-electron chi connectivity index (χ3n) is 2.68. The molecule has 0 saturated heterocycles. The Morgan fingerprint density at radius 2 is 1.42 bits per heavy atom. The summed E-state index contributed by atoms with van der Waals surface area (Å²) in [7, 11) is 0. The van der Waals surface area contributed by atoms with Crippen molar-refractivity contribution in [1.82, 2.24) is 0 Å². The molecule has 1 aliphatic rings. The molecule has 0 unspecified atom stereocenters. The van der Waals surface area contributed by atoms with Crippen molar-refractivity contribution in [3.63, 3.8) is 0 Å². The van der Waals surface area contributed by atoms with E-state index in [0.29, 0.717) is 10.7 Å². The van der Waals surface area contributed by atoms with Crippen LogP contribution in [0, 0.1) is 0 Å². The van der Waals surface area contributed by atoms with Crippen molar-refractivity contribution in [2.75, 3.05) is 0 Å². The first-order chi connectivity index (χ1) is 9.33. The zero-order chi connectivity index (χ0) is 13.1. The molecular weight excluding hydrogens is 256 g/mol. The van der Waals surface area contributed by atoms with Gasteiger partial charge in [-0.15, -0.1) is 11.3 Å². The van der Waals surface area contributed by atoms with E-state index < -0.39 is 6.03 Å². The highest BCUT2D eigenvalue weighted by atomic mass is 32.1. The van der Waals surface area contributed by atoms with E-state index in [1.54, 1.807) is 23.5 Å². The first-order valence-corrected chi connectivity index (χ1v) is 6.69. The predicted octanol–water partition coefficient (Wildman–Crippen LogP) is 2.96. The van der Waals surface area contributed by atoms with Gasteiger partial charge >= 0.3 is 6.03 Å². The number of carbonyl (C=O) groups is 1. The van der Waals surface area contributed by atoms with Crippen LogP contribution < -0.4 is 10.7 Å². The molecule has 4 heteroatoms. The molecule has 2 amide bonds. The second-order valence-corrected chi connectivity index (χ2v) is 4.90. The summed E-state index contributed by atoms with van der Waals surface area (Å²) in [4.78, 5) is 17.9. The Morgan fingerprint density at radius 3 is 2.11 bits per heavy atom. The SMILES string of the molecule is O=C1N=c2ccccc2=N1.c1ccc2sccc2c1. The van der Waals surface area contributed by atoms with Gasteiger partial charge in [0.2, 0.25) is 0 Å². The number of para-hydroxylation sites is 2. The number of urea groups is 1. The van der Waals surface area contributed by atoms with E-state index >= 15 is 0 Å². The minimum absolute atomic E-state index is 0.402. The van der Waals surface area contributed by atoms with E-state index in [-0.39, 0.29) is 0 Å². The molecule has 0 atom stereocenters. The summed E-state index contributed by atoms with van der Waals surface area (Å²) < 4.78 is 1.37. The van der Waals surface area contributed by atoms with Gasteiger partial charge in [-0.3, -0.25) is 0 Å². The van der Waals surface area contributed by atoms with Crippen molar-refractivity contribution in [3.05, 3.63) is 70.7 Å². The Balaban J connectivity index is 0.000000117. The summed E-state index contributed by atoms with van der Waals surface area (Å²) in [6.45, 7) is 0. The first kappa shape index (κ1) is 11.7. The molecule has 0 bridgehead atoms. The van der Waals surface area contributed by atoms with Gasteiger partial charge in [0, 0.05) is 4.70 Å². The summed E-state index contributed by atoms with van der Waals surface area (Å²) in [6, 6.07) is 17.3. The van der Waals surface area contributed by atoms with Gasteiger partial charge in [-0.05, 0) is 35.0 Å². The topological polar surface area (TPSA) is 41.8 Å². The number of hydrogen-bond donors (Lipinski definition) is 0. The number of thiophene rings is 1. The Bertz CT molecular complexity index is 784. The van der Waals surface area contributed by atoms with Crippen LogP contribution in [0.4, 0.5) is 4.79 Å². The number of amides is 2. The van der Waals surface area contributed by atoms with Gasteiger partial charge in [0.1, 0.15) is 0 Å². The average Bonchev–Trinajstić information content (AvgIpc) is 3.03. The third kappa shape index (κ3) is 2.58. The molecular formula is C15H10N2OS. The van der Waals surface area contributed by atoms with Gasteiger partial charge in [-0.2, -0.15) is 9.98 Å². The van der Waals surface area contributed by atoms with Gasteiger partial charge < -0.3 is 0 Å². The number of fused-ring (bicyclic) bond motifs is 2. The van der Waals surface area contributed by atoms with E-state index in [9.17, 15) is 4.79 Å². The maximum Gasteiger partial charge on any atom is 0.368 e. The van der Waals surface area contributed by atoms with Crippen LogP contribution in [-0.2, 0) is 0 Å². The zero-order valence-electron chi connectivity index (χ0n) is 9.98. The molecule has 4 rings (SSSR count). The highest BCUT2D eigenvalue weighted by Crippen LogP contribution is 2.18. The largest absolute Gasteiger partial charge is 0.368 e. The molecule has 19 heavy (non-hydrogen) atoms. The fourth-order valence-corrected chi connectivity index (χ4v) is 2.58. The van der Waals surface area contributed by atoms with Crippen molar-refractivity contribution in [1.29, 1.82) is 0 Å². The summed E-state index contributed by atoms with van der Waals surface area (Å²) in [5.74, 6) is 0. The van der Waals surface area contributed by atoms with Gasteiger partial charge in [0.15, 0.2) is 0 Å². The van der Waals surface area contributed by atoms with Crippen LogP contribution >= 0.6 is 11.3 Å². The van der Waals surface area contributed by atoms with Crippen LogP contribution in [0.25, 0.3) is 10.1 Å². The molecule has 3 nitrogen and oxygen atoms in total. The standard InChI is InChI=1S/C8H6S.C7H4N2O/c1-2-4-8-7(3-1)5-6-9-8;10-7-8-5-3-1-2-4-6(5)9-7/h1-6H;1-4H. The monoisotopic (exact) mass is 266 g/mol. The average molecular weight is 266 g/mol. The van der Waals surface area contributed by atoms with E-state index in [1.165, 1.54) is 10.1 Å². The molecule has 0 aliphatic carbocycles. The van der Waals surface area contributed by atoms with Gasteiger partial charge in [0.25, 0.3) is 0 Å². The van der Waals surface area contributed by atoms with E-state index in [2.05, 4.69) is 45.7 Å². The molecule has 2 aromatic carbocycles. The van der Waals surface area contributed by atoms with E-state index in [1.807, 2.05) is 12.1 Å². The lowest BCUT2D eigenvalue weighted by Crippen LogP contribution is -2.19. The fraction of sp³-hybridized carbons (Fsp3) is 0. The van der Waals surface area contributed by atoms with Crippen LogP contribution in [0.3, 0.4) is 0 Å². The molecule has 0 radical (unpaired) electrons. The number of rotatable bonds is 0. The Labute approximate surface area is 113 Å². The zero-order valence-corrected chi connectivity index (χ0v) is 10.8. The van der Waals surface area contributed by atoms with Crippen LogP contribution in [-0.4, -0.2) is 6.03 Å². The van der Waals surface area contributed by atoms with Crippen molar-refractivity contribution in [2.24, 2.45) is 9.98 Å². The molecule has 92 valence electrons. The molecule has 1 aromatic heterocycles. The van der Waals surface area contributed by atoms with Gasteiger partial charge in [0.05, 0.1) is 10.7 Å². The van der Waals surface area contributed by atoms with Crippen LogP contribution in [0.1, 0.15) is 0 Å². The Kier molecular flexibility index (Phi) is 3.16. The third-order valence-corrected chi connectivity index (χ3v) is 3.57. The maximum absolute atomic E-state index is 10.6. The molecule has 1 aliphatic heterocycles. The lowest BCUT2D eigenvalue weighted by atomic mass is 10.3. The highest BCUT2D eigenvalue weighted by molar-refractivity contribution is 7.17. The lowest BCUT2D eigenvalue weighted by molar-refractivity contribution is 0.256. The van der Waals surface area contributed by atoms with Gasteiger partial charge in [-0.25, -0.2) is 4.79 Å². The number of benzene rings is 2. The molecule has 0 saturated carbocycles. The summed E-state index contributed by atoms with van der Waals surface area (Å²) in [5, 5.41) is 4.81. The molecule has 0 spiro atoms. The van der Waals surface area contributed by atoms with E-state index in [4.69, 9.17) is 0 Å². The van der Waals surface area contributed by atoms with Crippen molar-refractivity contribution in [3.8, 4) is 0 Å². The summed E-state index contributed by atoms with van der Waals surface area (Å²) in [6.07, 6.45) is 0. The number of hydrogen-bond acceptors (Lipinski definition) is 2. The number of carbonyl (C=O) groups excluding carboxylic acids is 1. The Hall–Kier alpha value is -2.33. The molecule has 0 N–H and O–H groups in total. The quantitative estimate of drug-likeness (QED) is 0.616. The maximum atomic E-state index is 10.6. The molecule has 0 fully saturated rings. The predicted molar refractivity (Wildman–Crippen MR) is 76.0 cm³/mol. The lowest BCUT2D eigenvalue weighted by Gasteiger charge is -1.82. The smallest absolute Gasteiger partial charge is 0.244 e.